The number of hydrogen-bond donors (Lipinski definition) is 1. The van der Waals surface area contributed by atoms with Crippen LogP contribution in [-0.4, -0.2) is 0 Å². The van der Waals surface area contributed by atoms with Crippen molar-refractivity contribution in [2.24, 2.45) is 5.14 Å². The van der Waals surface area contributed by atoms with E-state index in [0.29, 0.717) is 0 Å². The van der Waals surface area contributed by atoms with E-state index in [1.807, 2.05) is 38.1 Å². The molecule has 2 N–H and O–H groups in total. The molecule has 2 aromatic rings. The Kier molecular flexibility index (Phi) is 4.50. The van der Waals surface area contributed by atoms with E-state index in [4.69, 9.17) is 5.14 Å². The van der Waals surface area contributed by atoms with Gasteiger partial charge < -0.3 is 0 Å². The second-order valence-corrected chi connectivity index (χ2v) is 3.27. The minimum atomic E-state index is 1.13. The molecular formula is C12H15NS. The summed E-state index contributed by atoms with van der Waals surface area (Å²) < 4.78 is 0. The average Bonchev–Trinajstić information content (AvgIpc) is 2.31. The minimum Gasteiger partial charge on any atom is -0.274 e. The lowest BCUT2D eigenvalue weighted by molar-refractivity contribution is 1.50. The molecule has 0 aliphatic rings. The first-order chi connectivity index (χ1) is 6.92. The Labute approximate surface area is 89.4 Å². The molecule has 0 saturated carbocycles. The van der Waals surface area contributed by atoms with Gasteiger partial charge in [0.25, 0.3) is 0 Å². The molecule has 2 heteroatoms. The number of nitrogens with two attached hydrogens (primary N) is 1. The first-order valence-corrected chi connectivity index (χ1v) is 5.64. The number of fused-ring (bicyclic) bond motifs is 1. The highest BCUT2D eigenvalue weighted by Crippen LogP contribution is 2.23. The van der Waals surface area contributed by atoms with E-state index in [1.165, 1.54) is 22.7 Å². The normalized spacial score (nSPS) is 9.36. The van der Waals surface area contributed by atoms with Crippen molar-refractivity contribution in [2.75, 3.05) is 0 Å². The number of hydrogen-bond acceptors (Lipinski definition) is 2. The maximum Gasteiger partial charge on any atom is 0.0304 e. The summed E-state index contributed by atoms with van der Waals surface area (Å²) in [6.45, 7) is 4.00. The number of rotatable bonds is 1. The molecule has 1 nitrogen and oxygen atoms in total. The van der Waals surface area contributed by atoms with Crippen LogP contribution in [0.25, 0.3) is 10.8 Å². The maximum atomic E-state index is 5.53. The minimum absolute atomic E-state index is 1.13. The lowest BCUT2D eigenvalue weighted by atomic mass is 10.1. The lowest BCUT2D eigenvalue weighted by Crippen LogP contribution is -1.81. The van der Waals surface area contributed by atoms with E-state index < -0.39 is 0 Å². The van der Waals surface area contributed by atoms with Crippen molar-refractivity contribution >= 4 is 22.7 Å². The molecule has 14 heavy (non-hydrogen) atoms. The van der Waals surface area contributed by atoms with Crippen LogP contribution in [0.4, 0.5) is 0 Å². The fourth-order valence-electron chi connectivity index (χ4n) is 1.30. The monoisotopic (exact) mass is 205 g/mol. The van der Waals surface area contributed by atoms with Gasteiger partial charge in [-0.25, -0.2) is 0 Å². The van der Waals surface area contributed by atoms with Gasteiger partial charge in [-0.1, -0.05) is 50.2 Å². The zero-order chi connectivity index (χ0) is 10.4. The van der Waals surface area contributed by atoms with Gasteiger partial charge in [-0.3, -0.25) is 5.14 Å². The molecule has 0 heterocycles. The van der Waals surface area contributed by atoms with Crippen molar-refractivity contribution in [3.63, 3.8) is 0 Å². The zero-order valence-corrected chi connectivity index (χ0v) is 9.34. The molecule has 0 saturated heterocycles. The molecule has 0 aliphatic heterocycles. The van der Waals surface area contributed by atoms with Crippen LogP contribution in [0.3, 0.4) is 0 Å². The fraction of sp³-hybridized carbons (Fsp3) is 0.167. The maximum absolute atomic E-state index is 5.53. The van der Waals surface area contributed by atoms with Crippen molar-refractivity contribution in [1.82, 2.24) is 0 Å². The van der Waals surface area contributed by atoms with Crippen molar-refractivity contribution in [1.29, 1.82) is 0 Å². The van der Waals surface area contributed by atoms with Crippen LogP contribution in [0.1, 0.15) is 13.8 Å². The van der Waals surface area contributed by atoms with Crippen LogP contribution in [-0.2, 0) is 0 Å². The Balaban J connectivity index is 0.000000461. The smallest absolute Gasteiger partial charge is 0.0304 e. The summed E-state index contributed by atoms with van der Waals surface area (Å²) in [5.41, 5.74) is 0. The molecular weight excluding hydrogens is 190 g/mol. The SMILES string of the molecule is CC.NSc1cccc2ccccc12. The van der Waals surface area contributed by atoms with Gasteiger partial charge in [0.1, 0.15) is 0 Å². The number of benzene rings is 2. The lowest BCUT2D eigenvalue weighted by Gasteiger charge is -2.01. The van der Waals surface area contributed by atoms with Gasteiger partial charge in [-0.2, -0.15) is 0 Å². The molecule has 0 unspecified atom stereocenters. The van der Waals surface area contributed by atoms with Gasteiger partial charge in [0.05, 0.1) is 0 Å². The molecule has 0 bridgehead atoms. The molecule has 0 amide bonds. The highest BCUT2D eigenvalue weighted by atomic mass is 32.2. The first kappa shape index (κ1) is 11.1. The van der Waals surface area contributed by atoms with Gasteiger partial charge in [-0.05, 0) is 28.8 Å². The molecule has 0 atom stereocenters. The van der Waals surface area contributed by atoms with Crippen LogP contribution in [0.2, 0.25) is 0 Å². The third kappa shape index (κ3) is 2.28. The quantitative estimate of drug-likeness (QED) is 0.716. The summed E-state index contributed by atoms with van der Waals surface area (Å²) in [5.74, 6) is 0. The van der Waals surface area contributed by atoms with Crippen molar-refractivity contribution in [3.8, 4) is 0 Å². The van der Waals surface area contributed by atoms with Crippen LogP contribution in [0.15, 0.2) is 47.4 Å². The van der Waals surface area contributed by atoms with Crippen molar-refractivity contribution in [3.05, 3.63) is 42.5 Å². The van der Waals surface area contributed by atoms with Crippen LogP contribution < -0.4 is 5.14 Å². The first-order valence-electron chi connectivity index (χ1n) is 4.76. The van der Waals surface area contributed by atoms with Gasteiger partial charge in [0.2, 0.25) is 0 Å². The van der Waals surface area contributed by atoms with Crippen molar-refractivity contribution in [2.45, 2.75) is 18.7 Å². The summed E-state index contributed by atoms with van der Waals surface area (Å²) in [7, 11) is 0. The molecule has 0 spiro atoms. The van der Waals surface area contributed by atoms with Gasteiger partial charge in [-0.15, -0.1) is 0 Å². The molecule has 2 aromatic carbocycles. The van der Waals surface area contributed by atoms with Gasteiger partial charge >= 0.3 is 0 Å². The Morgan fingerprint density at radius 2 is 1.57 bits per heavy atom. The Morgan fingerprint density at radius 3 is 2.29 bits per heavy atom. The van der Waals surface area contributed by atoms with E-state index in [9.17, 15) is 0 Å². The second kappa shape index (κ2) is 5.68. The largest absolute Gasteiger partial charge is 0.274 e. The van der Waals surface area contributed by atoms with Gasteiger partial charge in [0, 0.05) is 4.90 Å². The molecule has 0 aliphatic carbocycles. The van der Waals surface area contributed by atoms with E-state index in [0.717, 1.165) is 4.90 Å². The predicted octanol–water partition coefficient (Wildman–Crippen LogP) is 3.83. The second-order valence-electron chi connectivity index (χ2n) is 2.60. The highest BCUT2D eigenvalue weighted by molar-refractivity contribution is 7.97. The Bertz CT molecular complexity index is 393. The molecule has 0 fully saturated rings. The standard InChI is InChI=1S/C10H9NS.C2H6/c11-12-10-7-3-5-8-4-1-2-6-9(8)10;1-2/h1-7H,11H2;1-2H3. The van der Waals surface area contributed by atoms with Gasteiger partial charge in [0.15, 0.2) is 0 Å². The molecule has 0 aromatic heterocycles. The van der Waals surface area contributed by atoms with E-state index in [2.05, 4.69) is 18.2 Å². The Hall–Kier alpha value is -0.990. The fourth-order valence-corrected chi connectivity index (χ4v) is 1.77. The molecule has 0 radical (unpaired) electrons. The highest BCUT2D eigenvalue weighted by Gasteiger charge is 1.96. The third-order valence-electron chi connectivity index (χ3n) is 1.88. The summed E-state index contributed by atoms with van der Waals surface area (Å²) in [4.78, 5) is 1.13. The van der Waals surface area contributed by atoms with Crippen LogP contribution in [0, 0.1) is 0 Å². The molecule has 2 rings (SSSR count). The van der Waals surface area contributed by atoms with Crippen LogP contribution in [0.5, 0.6) is 0 Å². The third-order valence-corrected chi connectivity index (χ3v) is 2.49. The van der Waals surface area contributed by atoms with Crippen LogP contribution >= 0.6 is 11.9 Å². The van der Waals surface area contributed by atoms with E-state index in [-0.39, 0.29) is 0 Å². The van der Waals surface area contributed by atoms with E-state index >= 15 is 0 Å². The summed E-state index contributed by atoms with van der Waals surface area (Å²) in [6.07, 6.45) is 0. The Morgan fingerprint density at radius 1 is 0.929 bits per heavy atom. The summed E-state index contributed by atoms with van der Waals surface area (Å²) in [6, 6.07) is 14.4. The van der Waals surface area contributed by atoms with Crippen molar-refractivity contribution < 1.29 is 0 Å². The van der Waals surface area contributed by atoms with E-state index in [1.54, 1.807) is 0 Å². The summed E-state index contributed by atoms with van der Waals surface area (Å²) in [5, 5.41) is 8.01. The zero-order valence-electron chi connectivity index (χ0n) is 8.53. The summed E-state index contributed by atoms with van der Waals surface area (Å²) >= 11 is 1.30. The molecule has 74 valence electrons. The topological polar surface area (TPSA) is 26.0 Å². The predicted molar refractivity (Wildman–Crippen MR) is 65.3 cm³/mol. The average molecular weight is 205 g/mol.